The molecule has 0 spiro atoms. The molecule has 0 aliphatic heterocycles. The summed E-state index contributed by atoms with van der Waals surface area (Å²) in [7, 11) is 0. The van der Waals surface area contributed by atoms with Crippen LogP contribution in [0.1, 0.15) is 49.0 Å². The van der Waals surface area contributed by atoms with Gasteiger partial charge in [-0.1, -0.05) is 19.9 Å². The maximum atomic E-state index is 12.1. The summed E-state index contributed by atoms with van der Waals surface area (Å²) in [6.07, 6.45) is 5.54. The van der Waals surface area contributed by atoms with Gasteiger partial charge in [0.15, 0.2) is 0 Å². The highest BCUT2D eigenvalue weighted by Gasteiger charge is 2.53. The van der Waals surface area contributed by atoms with Gasteiger partial charge in [-0.3, -0.25) is 14.6 Å². The topological polar surface area (TPSA) is 111 Å². The van der Waals surface area contributed by atoms with Crippen LogP contribution in [0.4, 0.5) is 0 Å². The molecule has 3 fully saturated rings. The first-order chi connectivity index (χ1) is 12.8. The van der Waals surface area contributed by atoms with Gasteiger partial charge in [0.1, 0.15) is 6.20 Å². The summed E-state index contributed by atoms with van der Waals surface area (Å²) in [6, 6.07) is 5.18. The van der Waals surface area contributed by atoms with Crippen LogP contribution in [0.5, 0.6) is 0 Å². The van der Waals surface area contributed by atoms with Gasteiger partial charge < -0.3 is 5.73 Å². The van der Waals surface area contributed by atoms with Gasteiger partial charge >= 0.3 is 5.69 Å². The summed E-state index contributed by atoms with van der Waals surface area (Å²) in [5.41, 5.74) is 6.50. The predicted molar refractivity (Wildman–Crippen MR) is 101 cm³/mol. The van der Waals surface area contributed by atoms with E-state index in [4.69, 9.17) is 5.73 Å². The number of fused-ring (bicyclic) bond motifs is 2. The maximum Gasteiger partial charge on any atom is 0.349 e. The van der Waals surface area contributed by atoms with E-state index in [1.165, 1.54) is 19.3 Å². The Hall–Kier alpha value is -2.70. The molecule has 2 bridgehead atoms. The van der Waals surface area contributed by atoms with E-state index in [1.54, 1.807) is 12.1 Å². The molecule has 3 aliphatic rings. The van der Waals surface area contributed by atoms with Crippen LogP contribution in [-0.2, 0) is 6.42 Å². The van der Waals surface area contributed by atoms with Gasteiger partial charge in [0.05, 0.1) is 5.69 Å². The number of primary amides is 1. The second-order valence-electron chi connectivity index (χ2n) is 8.46. The minimum Gasteiger partial charge on any atom is -0.366 e. The second-order valence-corrected chi connectivity index (χ2v) is 8.46. The lowest BCUT2D eigenvalue weighted by atomic mass is 9.45. The molecule has 7 heteroatoms. The molecule has 1 aromatic heterocycles. The van der Waals surface area contributed by atoms with Crippen LogP contribution in [0.3, 0.4) is 0 Å². The SMILES string of the molecule is CC1(C)C2CCC(Cc3ccc(-n4ncc(=O)[nH]c4=O)cc3C(N)=O)C1C2. The number of hydrogen-bond donors (Lipinski definition) is 2. The largest absolute Gasteiger partial charge is 0.366 e. The molecule has 0 saturated heterocycles. The number of aromatic amines is 1. The lowest BCUT2D eigenvalue weighted by Crippen LogP contribution is -2.52. The number of benzene rings is 1. The van der Waals surface area contributed by atoms with E-state index < -0.39 is 17.2 Å². The Morgan fingerprint density at radius 1 is 1.33 bits per heavy atom. The number of nitrogens with zero attached hydrogens (tertiary/aromatic N) is 2. The minimum atomic E-state index is -0.653. The van der Waals surface area contributed by atoms with E-state index in [9.17, 15) is 14.4 Å². The minimum absolute atomic E-state index is 0.378. The summed E-state index contributed by atoms with van der Waals surface area (Å²) in [4.78, 5) is 37.4. The van der Waals surface area contributed by atoms with Crippen molar-refractivity contribution in [3.8, 4) is 5.69 Å². The van der Waals surface area contributed by atoms with Crippen molar-refractivity contribution in [3.63, 3.8) is 0 Å². The number of nitrogens with two attached hydrogens (primary N) is 1. The summed E-state index contributed by atoms with van der Waals surface area (Å²) in [5.74, 6) is 1.53. The number of rotatable bonds is 4. The first kappa shape index (κ1) is 17.7. The van der Waals surface area contributed by atoms with Gasteiger partial charge in [-0.2, -0.15) is 9.78 Å². The average Bonchev–Trinajstić information content (AvgIpc) is 2.62. The van der Waals surface area contributed by atoms with E-state index in [-0.39, 0.29) is 0 Å². The van der Waals surface area contributed by atoms with Gasteiger partial charge in [0.2, 0.25) is 5.91 Å². The molecule has 2 aromatic rings. The summed E-state index contributed by atoms with van der Waals surface area (Å²) < 4.78 is 1.05. The molecule has 27 heavy (non-hydrogen) atoms. The molecular weight excluding hydrogens is 344 g/mol. The van der Waals surface area contributed by atoms with Crippen molar-refractivity contribution in [3.05, 3.63) is 56.4 Å². The van der Waals surface area contributed by atoms with E-state index in [2.05, 4.69) is 23.9 Å². The fourth-order valence-corrected chi connectivity index (χ4v) is 5.13. The van der Waals surface area contributed by atoms with Crippen LogP contribution in [0.2, 0.25) is 0 Å². The van der Waals surface area contributed by atoms with E-state index in [0.717, 1.165) is 28.8 Å². The zero-order chi connectivity index (χ0) is 19.3. The van der Waals surface area contributed by atoms with E-state index in [0.29, 0.717) is 28.5 Å². The Kier molecular flexibility index (Phi) is 4.05. The van der Waals surface area contributed by atoms with Crippen molar-refractivity contribution < 1.29 is 4.79 Å². The molecule has 3 saturated carbocycles. The van der Waals surface area contributed by atoms with Crippen molar-refractivity contribution in [1.29, 1.82) is 0 Å². The van der Waals surface area contributed by atoms with Gasteiger partial charge in [-0.05, 0) is 66.5 Å². The van der Waals surface area contributed by atoms with Gasteiger partial charge in [-0.15, -0.1) is 0 Å². The molecule has 3 atom stereocenters. The third kappa shape index (κ3) is 2.91. The molecule has 142 valence electrons. The zero-order valence-corrected chi connectivity index (χ0v) is 15.6. The first-order valence-electron chi connectivity index (χ1n) is 9.39. The third-order valence-electron chi connectivity index (χ3n) is 6.80. The van der Waals surface area contributed by atoms with Crippen molar-refractivity contribution >= 4 is 5.91 Å². The van der Waals surface area contributed by atoms with Crippen LogP contribution in [0, 0.1) is 23.2 Å². The lowest BCUT2D eigenvalue weighted by molar-refractivity contribution is -0.104. The number of amides is 1. The third-order valence-corrected chi connectivity index (χ3v) is 6.80. The maximum absolute atomic E-state index is 12.1. The van der Waals surface area contributed by atoms with Crippen LogP contribution in [0.15, 0.2) is 34.0 Å². The number of nitrogens with one attached hydrogen (secondary N) is 1. The smallest absolute Gasteiger partial charge is 0.349 e. The fourth-order valence-electron chi connectivity index (χ4n) is 5.13. The number of H-pyrrole nitrogens is 1. The van der Waals surface area contributed by atoms with E-state index in [1.807, 2.05) is 6.07 Å². The molecule has 3 unspecified atom stereocenters. The highest BCUT2D eigenvalue weighted by atomic mass is 16.2. The zero-order valence-electron chi connectivity index (χ0n) is 15.6. The molecule has 1 heterocycles. The Labute approximate surface area is 156 Å². The highest BCUT2D eigenvalue weighted by molar-refractivity contribution is 5.95. The highest BCUT2D eigenvalue weighted by Crippen LogP contribution is 2.61. The van der Waals surface area contributed by atoms with Crippen molar-refractivity contribution in [2.75, 3.05) is 0 Å². The summed E-state index contributed by atoms with van der Waals surface area (Å²) in [6.45, 7) is 4.70. The Morgan fingerprint density at radius 2 is 2.11 bits per heavy atom. The first-order valence-corrected chi connectivity index (χ1v) is 9.39. The van der Waals surface area contributed by atoms with Gasteiger partial charge in [0.25, 0.3) is 5.56 Å². The average molecular weight is 368 g/mol. The monoisotopic (exact) mass is 368 g/mol. The predicted octanol–water partition coefficient (Wildman–Crippen LogP) is 1.63. The molecule has 1 aromatic carbocycles. The normalized spacial score (nSPS) is 25.6. The number of aromatic nitrogens is 3. The Morgan fingerprint density at radius 3 is 2.74 bits per heavy atom. The van der Waals surface area contributed by atoms with Crippen molar-refractivity contribution in [1.82, 2.24) is 14.8 Å². The molecule has 0 radical (unpaired) electrons. The van der Waals surface area contributed by atoms with Crippen LogP contribution in [-0.4, -0.2) is 20.7 Å². The van der Waals surface area contributed by atoms with E-state index >= 15 is 0 Å². The van der Waals surface area contributed by atoms with Gasteiger partial charge in [0, 0.05) is 5.56 Å². The van der Waals surface area contributed by atoms with Crippen LogP contribution < -0.4 is 17.0 Å². The molecule has 3 aliphatic carbocycles. The van der Waals surface area contributed by atoms with Gasteiger partial charge in [-0.25, -0.2) is 4.79 Å². The summed E-state index contributed by atoms with van der Waals surface area (Å²) in [5, 5.41) is 3.84. The van der Waals surface area contributed by atoms with Crippen molar-refractivity contribution in [2.24, 2.45) is 28.9 Å². The Bertz CT molecular complexity index is 1020. The number of hydrogen-bond acceptors (Lipinski definition) is 4. The standard InChI is InChI=1S/C20H24N4O3/c1-20(2)13-5-3-12(16(20)8-13)7-11-4-6-14(9-15(11)18(21)26)24-19(27)23-17(25)10-22-24/h4,6,9-10,12-13,16H,3,5,7-8H2,1-2H3,(H2,21,26)(H,23,25,27). The lowest BCUT2D eigenvalue weighted by Gasteiger charge is -2.60. The second kappa shape index (κ2) is 6.18. The fraction of sp³-hybridized carbons (Fsp3) is 0.500. The number of carbonyl (C=O) groups is 1. The molecule has 3 N–H and O–H groups in total. The number of carbonyl (C=O) groups excluding carboxylic acids is 1. The Balaban J connectivity index is 1.67. The molecule has 5 rings (SSSR count). The summed E-state index contributed by atoms with van der Waals surface area (Å²) >= 11 is 0. The van der Waals surface area contributed by atoms with Crippen molar-refractivity contribution in [2.45, 2.75) is 39.5 Å². The molecule has 1 amide bonds. The molecular formula is C20H24N4O3. The molecule has 7 nitrogen and oxygen atoms in total. The quantitative estimate of drug-likeness (QED) is 0.854. The van der Waals surface area contributed by atoms with Crippen LogP contribution in [0.25, 0.3) is 5.69 Å². The van der Waals surface area contributed by atoms with Crippen LogP contribution >= 0.6 is 0 Å².